The van der Waals surface area contributed by atoms with Crippen molar-refractivity contribution in [1.29, 1.82) is 0 Å². The second-order valence-electron chi connectivity index (χ2n) is 7.26. The number of pyridine rings is 1. The number of nitrogens with zero attached hydrogens (tertiary/aromatic N) is 1. The fourth-order valence-electron chi connectivity index (χ4n) is 3.51. The molecule has 3 aromatic carbocycles. The van der Waals surface area contributed by atoms with Gasteiger partial charge in [-0.1, -0.05) is 65.7 Å². The van der Waals surface area contributed by atoms with Crippen LogP contribution in [0.25, 0.3) is 22.2 Å². The highest BCUT2D eigenvalue weighted by Gasteiger charge is 2.19. The largest absolute Gasteiger partial charge is 0.322 e. The minimum Gasteiger partial charge on any atom is -0.322 e. The minimum absolute atomic E-state index is 0.167. The number of para-hydroxylation sites is 1. The molecular formula is C25H21ClN2O. The van der Waals surface area contributed by atoms with Crippen molar-refractivity contribution in [3.63, 3.8) is 0 Å². The van der Waals surface area contributed by atoms with E-state index in [0.717, 1.165) is 33.3 Å². The second kappa shape index (κ2) is 7.69. The second-order valence-corrected chi connectivity index (χ2v) is 7.69. The number of rotatable bonds is 3. The molecule has 0 saturated carbocycles. The highest BCUT2D eigenvalue weighted by atomic mass is 35.5. The summed E-state index contributed by atoms with van der Waals surface area (Å²) in [6.45, 7) is 5.95. The predicted octanol–water partition coefficient (Wildman–Crippen LogP) is 6.73. The highest BCUT2D eigenvalue weighted by Crippen LogP contribution is 2.31. The normalized spacial score (nSPS) is 10.9. The Kier molecular flexibility index (Phi) is 5.08. The van der Waals surface area contributed by atoms with Gasteiger partial charge in [-0.3, -0.25) is 4.79 Å². The molecule has 1 aromatic heterocycles. The number of hydrogen-bond donors (Lipinski definition) is 1. The smallest absolute Gasteiger partial charge is 0.256 e. The molecule has 0 bridgehead atoms. The van der Waals surface area contributed by atoms with Gasteiger partial charge < -0.3 is 5.32 Å². The van der Waals surface area contributed by atoms with Crippen molar-refractivity contribution >= 4 is 34.1 Å². The van der Waals surface area contributed by atoms with E-state index in [2.05, 4.69) is 24.4 Å². The maximum absolute atomic E-state index is 13.4. The number of halogens is 1. The molecule has 144 valence electrons. The van der Waals surface area contributed by atoms with Gasteiger partial charge in [0.15, 0.2) is 0 Å². The van der Waals surface area contributed by atoms with Crippen LogP contribution in [0.2, 0.25) is 5.02 Å². The molecule has 0 spiro atoms. The van der Waals surface area contributed by atoms with Gasteiger partial charge in [0, 0.05) is 21.7 Å². The number of aryl methyl sites for hydroxylation is 2. The average Bonchev–Trinajstić information content (AvgIpc) is 2.71. The van der Waals surface area contributed by atoms with Gasteiger partial charge in [-0.2, -0.15) is 0 Å². The van der Waals surface area contributed by atoms with E-state index in [9.17, 15) is 4.79 Å². The average molecular weight is 401 g/mol. The van der Waals surface area contributed by atoms with Crippen molar-refractivity contribution in [1.82, 2.24) is 4.98 Å². The highest BCUT2D eigenvalue weighted by molar-refractivity contribution is 6.31. The lowest BCUT2D eigenvalue weighted by atomic mass is 9.96. The Hall–Kier alpha value is -3.17. The third-order valence-corrected chi connectivity index (χ3v) is 5.37. The van der Waals surface area contributed by atoms with Crippen molar-refractivity contribution in [3.05, 3.63) is 94.0 Å². The Balaban J connectivity index is 1.88. The first kappa shape index (κ1) is 19.2. The Labute approximate surface area is 175 Å². The fraction of sp³-hybridized carbons (Fsp3) is 0.120. The topological polar surface area (TPSA) is 42.0 Å². The number of carbonyl (C=O) groups excluding carboxylic acids is 1. The number of hydrogen-bond acceptors (Lipinski definition) is 2. The standard InChI is InChI=1S/C25H21ClN2O/c1-15-8-11-18(12-9-15)24-17(3)23(20-6-4-5-7-21(20)27-24)25(29)28-22-14-19(26)13-10-16(22)2/h4-14H,1-3H3,(H,28,29). The van der Waals surface area contributed by atoms with Crippen molar-refractivity contribution < 1.29 is 4.79 Å². The number of fused-ring (bicyclic) bond motifs is 1. The summed E-state index contributed by atoms with van der Waals surface area (Å²) >= 11 is 6.13. The molecule has 0 aliphatic rings. The lowest BCUT2D eigenvalue weighted by molar-refractivity contribution is 0.102. The van der Waals surface area contributed by atoms with Crippen LogP contribution in [-0.4, -0.2) is 10.9 Å². The molecule has 0 aliphatic heterocycles. The van der Waals surface area contributed by atoms with Crippen LogP contribution in [0.5, 0.6) is 0 Å². The van der Waals surface area contributed by atoms with Crippen molar-refractivity contribution in [2.45, 2.75) is 20.8 Å². The van der Waals surface area contributed by atoms with E-state index in [0.29, 0.717) is 16.3 Å². The van der Waals surface area contributed by atoms with E-state index < -0.39 is 0 Å². The van der Waals surface area contributed by atoms with Gasteiger partial charge in [0.1, 0.15) is 0 Å². The van der Waals surface area contributed by atoms with Gasteiger partial charge in [0.25, 0.3) is 5.91 Å². The van der Waals surface area contributed by atoms with E-state index in [1.165, 1.54) is 5.56 Å². The van der Waals surface area contributed by atoms with E-state index in [1.807, 2.05) is 62.4 Å². The first-order valence-electron chi connectivity index (χ1n) is 9.48. The van der Waals surface area contributed by atoms with Gasteiger partial charge >= 0.3 is 0 Å². The summed E-state index contributed by atoms with van der Waals surface area (Å²) in [5, 5.41) is 4.45. The number of benzene rings is 3. The first-order valence-corrected chi connectivity index (χ1v) is 9.86. The van der Waals surface area contributed by atoms with Gasteiger partial charge in [-0.25, -0.2) is 4.98 Å². The molecule has 4 heteroatoms. The summed E-state index contributed by atoms with van der Waals surface area (Å²) in [6, 6.07) is 21.4. The minimum atomic E-state index is -0.167. The number of aromatic nitrogens is 1. The molecule has 1 amide bonds. The molecule has 0 atom stereocenters. The first-order chi connectivity index (χ1) is 13.9. The molecule has 1 heterocycles. The lowest BCUT2D eigenvalue weighted by Gasteiger charge is -2.16. The van der Waals surface area contributed by atoms with Crippen LogP contribution >= 0.6 is 11.6 Å². The molecule has 29 heavy (non-hydrogen) atoms. The molecule has 3 nitrogen and oxygen atoms in total. The summed E-state index contributed by atoms with van der Waals surface area (Å²) in [7, 11) is 0. The van der Waals surface area contributed by atoms with Crippen LogP contribution < -0.4 is 5.32 Å². The Morgan fingerprint density at radius 3 is 2.41 bits per heavy atom. The third kappa shape index (κ3) is 3.74. The van der Waals surface area contributed by atoms with Crippen molar-refractivity contribution in [3.8, 4) is 11.3 Å². The molecule has 1 N–H and O–H groups in total. The molecule has 0 fully saturated rings. The number of anilines is 1. The monoisotopic (exact) mass is 400 g/mol. The Morgan fingerprint density at radius 1 is 0.931 bits per heavy atom. The molecular weight excluding hydrogens is 380 g/mol. The molecule has 0 aliphatic carbocycles. The summed E-state index contributed by atoms with van der Waals surface area (Å²) in [5.74, 6) is -0.167. The molecule has 0 unspecified atom stereocenters. The van der Waals surface area contributed by atoms with E-state index in [4.69, 9.17) is 16.6 Å². The van der Waals surface area contributed by atoms with Crippen molar-refractivity contribution in [2.75, 3.05) is 5.32 Å². The zero-order valence-corrected chi connectivity index (χ0v) is 17.3. The van der Waals surface area contributed by atoms with Crippen LogP contribution in [0.3, 0.4) is 0 Å². The fourth-order valence-corrected chi connectivity index (χ4v) is 3.68. The number of carbonyl (C=O) groups is 1. The van der Waals surface area contributed by atoms with Crippen LogP contribution in [0.4, 0.5) is 5.69 Å². The van der Waals surface area contributed by atoms with Gasteiger partial charge in [0.05, 0.1) is 16.8 Å². The molecule has 0 radical (unpaired) electrons. The van der Waals surface area contributed by atoms with E-state index in [-0.39, 0.29) is 5.91 Å². The molecule has 4 aromatic rings. The maximum Gasteiger partial charge on any atom is 0.256 e. The predicted molar refractivity (Wildman–Crippen MR) is 121 cm³/mol. The van der Waals surface area contributed by atoms with Crippen LogP contribution in [-0.2, 0) is 0 Å². The summed E-state index contributed by atoms with van der Waals surface area (Å²) in [4.78, 5) is 18.2. The maximum atomic E-state index is 13.4. The van der Waals surface area contributed by atoms with Crippen LogP contribution in [0.15, 0.2) is 66.7 Å². The van der Waals surface area contributed by atoms with Crippen molar-refractivity contribution in [2.24, 2.45) is 0 Å². The molecule has 4 rings (SSSR count). The number of amides is 1. The van der Waals surface area contributed by atoms with Gasteiger partial charge in [0.2, 0.25) is 0 Å². The van der Waals surface area contributed by atoms with Crippen LogP contribution in [0, 0.1) is 20.8 Å². The zero-order valence-electron chi connectivity index (χ0n) is 16.6. The molecule has 0 saturated heterocycles. The SMILES string of the molecule is Cc1ccc(-c2nc3ccccc3c(C(=O)Nc3cc(Cl)ccc3C)c2C)cc1. The van der Waals surface area contributed by atoms with E-state index in [1.54, 1.807) is 6.07 Å². The van der Waals surface area contributed by atoms with Gasteiger partial charge in [-0.15, -0.1) is 0 Å². The summed E-state index contributed by atoms with van der Waals surface area (Å²) in [5.41, 5.74) is 6.93. The van der Waals surface area contributed by atoms with Crippen LogP contribution in [0.1, 0.15) is 27.0 Å². The quantitative estimate of drug-likeness (QED) is 0.414. The Morgan fingerprint density at radius 2 is 1.66 bits per heavy atom. The Bertz CT molecular complexity index is 1230. The van der Waals surface area contributed by atoms with E-state index >= 15 is 0 Å². The summed E-state index contributed by atoms with van der Waals surface area (Å²) < 4.78 is 0. The number of nitrogens with one attached hydrogen (secondary N) is 1. The third-order valence-electron chi connectivity index (χ3n) is 5.14. The summed E-state index contributed by atoms with van der Waals surface area (Å²) in [6.07, 6.45) is 0. The zero-order chi connectivity index (χ0) is 20.5. The lowest BCUT2D eigenvalue weighted by Crippen LogP contribution is -2.16. The van der Waals surface area contributed by atoms with Gasteiger partial charge in [-0.05, 0) is 50.1 Å².